The second-order valence-corrected chi connectivity index (χ2v) is 8.59. The van der Waals surface area contributed by atoms with Crippen molar-refractivity contribution < 1.29 is 31.8 Å². The molecule has 10 heteroatoms. The summed E-state index contributed by atoms with van der Waals surface area (Å²) >= 11 is 0. The van der Waals surface area contributed by atoms with Crippen molar-refractivity contribution in [1.82, 2.24) is 9.21 Å². The van der Waals surface area contributed by atoms with E-state index in [0.717, 1.165) is 4.31 Å². The number of hydrogen-bond acceptors (Lipinski definition) is 7. The zero-order chi connectivity index (χ0) is 20.3. The number of rotatable bonds is 6. The Bertz CT molecular complexity index is 953. The van der Waals surface area contributed by atoms with E-state index in [2.05, 4.69) is 0 Å². The number of nitrogens with zero attached hydrogens (tertiary/aromatic N) is 2. The van der Waals surface area contributed by atoms with Crippen LogP contribution >= 0.6 is 0 Å². The Balaban J connectivity index is 1.61. The summed E-state index contributed by atoms with van der Waals surface area (Å²) in [6, 6.07) is 7.80. The Morgan fingerprint density at radius 1 is 1.03 bits per heavy atom. The number of carbonyl (C=O) groups is 1. The van der Waals surface area contributed by atoms with Crippen molar-refractivity contribution in [2.24, 2.45) is 0 Å². The van der Waals surface area contributed by atoms with E-state index in [1.54, 1.807) is 23.1 Å². The standard InChI is InChI=1S/C19H22N2O7S/c22-19(20-5-8-25-9-6-20)14-21(13-15-2-1-7-26-15)29(23,24)16-3-4-17-18(12-16)28-11-10-27-17/h1-4,7,12H,5-6,8-11,13-14H2. The highest BCUT2D eigenvalue weighted by Crippen LogP contribution is 2.33. The van der Waals surface area contributed by atoms with Gasteiger partial charge in [-0.15, -0.1) is 0 Å². The zero-order valence-electron chi connectivity index (χ0n) is 15.8. The lowest BCUT2D eigenvalue weighted by atomic mass is 10.3. The summed E-state index contributed by atoms with van der Waals surface area (Å²) in [7, 11) is -3.99. The highest BCUT2D eigenvalue weighted by atomic mass is 32.2. The smallest absolute Gasteiger partial charge is 0.244 e. The van der Waals surface area contributed by atoms with Crippen LogP contribution in [-0.4, -0.2) is 69.6 Å². The first-order valence-corrected chi connectivity index (χ1v) is 10.8. The van der Waals surface area contributed by atoms with E-state index in [1.165, 1.54) is 18.4 Å². The average Bonchev–Trinajstić information content (AvgIpc) is 3.26. The van der Waals surface area contributed by atoms with Gasteiger partial charge < -0.3 is 23.5 Å². The summed E-state index contributed by atoms with van der Waals surface area (Å²) in [5.74, 6) is 1.04. The van der Waals surface area contributed by atoms with Gasteiger partial charge >= 0.3 is 0 Å². The van der Waals surface area contributed by atoms with Crippen LogP contribution in [0.2, 0.25) is 0 Å². The van der Waals surface area contributed by atoms with Crippen LogP contribution < -0.4 is 9.47 Å². The van der Waals surface area contributed by atoms with Gasteiger partial charge in [-0.1, -0.05) is 0 Å². The van der Waals surface area contributed by atoms with Crippen molar-refractivity contribution in [3.05, 3.63) is 42.4 Å². The van der Waals surface area contributed by atoms with Gasteiger partial charge in [-0.2, -0.15) is 4.31 Å². The summed E-state index contributed by atoms with van der Waals surface area (Å²) in [5.41, 5.74) is 0. The fourth-order valence-corrected chi connectivity index (χ4v) is 4.57. The van der Waals surface area contributed by atoms with Crippen LogP contribution in [-0.2, 0) is 26.1 Å². The normalized spacial score (nSPS) is 16.8. The van der Waals surface area contributed by atoms with Gasteiger partial charge in [0, 0.05) is 19.2 Å². The first-order chi connectivity index (χ1) is 14.0. The highest BCUT2D eigenvalue weighted by Gasteiger charge is 2.31. The maximum Gasteiger partial charge on any atom is 0.244 e. The molecule has 0 radical (unpaired) electrons. The number of furan rings is 1. The van der Waals surface area contributed by atoms with Crippen molar-refractivity contribution in [3.8, 4) is 11.5 Å². The molecule has 1 saturated heterocycles. The minimum absolute atomic E-state index is 0.0306. The molecule has 2 aromatic rings. The molecule has 1 aromatic carbocycles. The first-order valence-electron chi connectivity index (χ1n) is 9.32. The van der Waals surface area contributed by atoms with E-state index in [9.17, 15) is 13.2 Å². The predicted octanol–water partition coefficient (Wildman–Crippen LogP) is 1.10. The molecular formula is C19H22N2O7S. The largest absolute Gasteiger partial charge is 0.486 e. The molecule has 29 heavy (non-hydrogen) atoms. The third-order valence-electron chi connectivity index (χ3n) is 4.74. The number of sulfonamides is 1. The number of carbonyl (C=O) groups excluding carboxylic acids is 1. The topological polar surface area (TPSA) is 98.5 Å². The van der Waals surface area contributed by atoms with Gasteiger partial charge in [0.25, 0.3) is 0 Å². The number of fused-ring (bicyclic) bond motifs is 1. The van der Waals surface area contributed by atoms with Crippen LogP contribution in [0.3, 0.4) is 0 Å². The lowest BCUT2D eigenvalue weighted by molar-refractivity contribution is -0.135. The van der Waals surface area contributed by atoms with Gasteiger partial charge in [-0.05, 0) is 24.3 Å². The van der Waals surface area contributed by atoms with Crippen LogP contribution in [0.25, 0.3) is 0 Å². The van der Waals surface area contributed by atoms with Crippen LogP contribution in [0, 0.1) is 0 Å². The first kappa shape index (κ1) is 19.7. The summed E-state index contributed by atoms with van der Waals surface area (Å²) in [5, 5.41) is 0. The number of benzene rings is 1. The van der Waals surface area contributed by atoms with Crippen LogP contribution in [0.15, 0.2) is 45.9 Å². The van der Waals surface area contributed by atoms with Gasteiger partial charge in [0.05, 0.1) is 37.5 Å². The molecule has 3 heterocycles. The van der Waals surface area contributed by atoms with Gasteiger partial charge in [-0.25, -0.2) is 8.42 Å². The molecule has 2 aliphatic rings. The molecule has 0 bridgehead atoms. The maximum atomic E-state index is 13.4. The van der Waals surface area contributed by atoms with E-state index in [1.807, 2.05) is 0 Å². The molecule has 0 unspecified atom stereocenters. The van der Waals surface area contributed by atoms with Gasteiger partial charge in [-0.3, -0.25) is 4.79 Å². The zero-order valence-corrected chi connectivity index (χ0v) is 16.6. The third kappa shape index (κ3) is 4.39. The summed E-state index contributed by atoms with van der Waals surface area (Å²) in [4.78, 5) is 14.4. The molecular weight excluding hydrogens is 400 g/mol. The van der Waals surface area contributed by atoms with Crippen molar-refractivity contribution >= 4 is 15.9 Å². The van der Waals surface area contributed by atoms with Crippen LogP contribution in [0.4, 0.5) is 0 Å². The van der Waals surface area contributed by atoms with Crippen molar-refractivity contribution in [2.75, 3.05) is 46.1 Å². The van der Waals surface area contributed by atoms with Gasteiger partial charge in [0.2, 0.25) is 15.9 Å². The molecule has 9 nitrogen and oxygen atoms in total. The second-order valence-electron chi connectivity index (χ2n) is 6.65. The molecule has 1 fully saturated rings. The maximum absolute atomic E-state index is 13.4. The van der Waals surface area contributed by atoms with E-state index < -0.39 is 10.0 Å². The van der Waals surface area contributed by atoms with Crippen LogP contribution in [0.5, 0.6) is 11.5 Å². The Hall–Kier alpha value is -2.56. The Kier molecular flexibility index (Phi) is 5.74. The fraction of sp³-hybridized carbons (Fsp3) is 0.421. The lowest BCUT2D eigenvalue weighted by Gasteiger charge is -2.29. The van der Waals surface area contributed by atoms with E-state index in [0.29, 0.717) is 56.8 Å². The molecule has 0 N–H and O–H groups in total. The SMILES string of the molecule is O=C(CN(Cc1ccco1)S(=O)(=O)c1ccc2c(c1)OCCO2)N1CCOCC1. The highest BCUT2D eigenvalue weighted by molar-refractivity contribution is 7.89. The van der Waals surface area contributed by atoms with E-state index in [4.69, 9.17) is 18.6 Å². The molecule has 0 aliphatic carbocycles. The minimum Gasteiger partial charge on any atom is -0.486 e. The number of ether oxygens (including phenoxy) is 3. The van der Waals surface area contributed by atoms with E-state index >= 15 is 0 Å². The Morgan fingerprint density at radius 2 is 1.79 bits per heavy atom. The summed E-state index contributed by atoms with van der Waals surface area (Å²) in [6.45, 7) is 2.18. The molecule has 1 amide bonds. The summed E-state index contributed by atoms with van der Waals surface area (Å²) < 4.78 is 49.4. The molecule has 156 valence electrons. The molecule has 0 spiro atoms. The summed E-state index contributed by atoms with van der Waals surface area (Å²) in [6.07, 6.45) is 1.47. The third-order valence-corrected chi connectivity index (χ3v) is 6.53. The quantitative estimate of drug-likeness (QED) is 0.687. The fourth-order valence-electron chi connectivity index (χ4n) is 3.20. The van der Waals surface area contributed by atoms with Crippen molar-refractivity contribution in [3.63, 3.8) is 0 Å². The number of amides is 1. The van der Waals surface area contributed by atoms with Gasteiger partial charge in [0.1, 0.15) is 19.0 Å². The Morgan fingerprint density at radius 3 is 2.52 bits per heavy atom. The monoisotopic (exact) mass is 422 g/mol. The van der Waals surface area contributed by atoms with Crippen molar-refractivity contribution in [1.29, 1.82) is 0 Å². The predicted molar refractivity (Wildman–Crippen MR) is 101 cm³/mol. The lowest BCUT2D eigenvalue weighted by Crippen LogP contribution is -2.46. The Labute approximate surface area is 168 Å². The van der Waals surface area contributed by atoms with Gasteiger partial charge in [0.15, 0.2) is 11.5 Å². The minimum atomic E-state index is -3.99. The molecule has 1 aromatic heterocycles. The molecule has 0 saturated carbocycles. The average molecular weight is 422 g/mol. The van der Waals surface area contributed by atoms with E-state index in [-0.39, 0.29) is 23.9 Å². The molecule has 4 rings (SSSR count). The van der Waals surface area contributed by atoms with Crippen molar-refractivity contribution in [2.45, 2.75) is 11.4 Å². The molecule has 2 aliphatic heterocycles. The second kappa shape index (κ2) is 8.44. The molecule has 0 atom stereocenters. The number of hydrogen-bond donors (Lipinski definition) is 0. The van der Waals surface area contributed by atoms with Crippen LogP contribution in [0.1, 0.15) is 5.76 Å². The number of morpholine rings is 1.